The number of nitrogens with one attached hydrogen (secondary N) is 1. The Balaban J connectivity index is 1.42. The van der Waals surface area contributed by atoms with Gasteiger partial charge < -0.3 is 14.0 Å². The predicted octanol–water partition coefficient (Wildman–Crippen LogP) is 5.14. The van der Waals surface area contributed by atoms with Gasteiger partial charge in [0.15, 0.2) is 11.5 Å². The van der Waals surface area contributed by atoms with Crippen molar-refractivity contribution < 1.29 is 14.3 Å². The summed E-state index contributed by atoms with van der Waals surface area (Å²) in [4.78, 5) is 12.5. The number of rotatable bonds is 5. The minimum atomic E-state index is -0.322. The third-order valence-electron chi connectivity index (χ3n) is 5.56. The van der Waals surface area contributed by atoms with Gasteiger partial charge in [0.1, 0.15) is 0 Å². The lowest BCUT2D eigenvalue weighted by molar-refractivity contribution is 0.0954. The molecule has 0 aliphatic carbocycles. The molecule has 0 atom stereocenters. The SMILES string of the molecule is Cc1c(/C=N\NC(=O)c2ccc3c(c2)OCO3)c2ccccc2n1Cc1ccccc1Cl. The number of aromatic nitrogens is 1. The van der Waals surface area contributed by atoms with Gasteiger partial charge in [0, 0.05) is 39.3 Å². The standard InChI is InChI=1S/C25H20ClN3O3/c1-16-20(13-27-28-25(30)17-10-11-23-24(12-17)32-15-31-23)19-7-3-5-9-22(19)29(16)14-18-6-2-4-8-21(18)26/h2-13H,14-15H2,1H3,(H,28,30)/b27-13-. The molecule has 0 radical (unpaired) electrons. The van der Waals surface area contributed by atoms with Crippen LogP contribution in [0.15, 0.2) is 71.8 Å². The molecule has 0 unspecified atom stereocenters. The van der Waals surface area contributed by atoms with Crippen molar-refractivity contribution in [1.82, 2.24) is 9.99 Å². The van der Waals surface area contributed by atoms with Crippen LogP contribution in [0, 0.1) is 6.92 Å². The number of benzene rings is 3. The van der Waals surface area contributed by atoms with E-state index in [1.165, 1.54) is 0 Å². The fraction of sp³-hybridized carbons (Fsp3) is 0.120. The molecule has 160 valence electrons. The summed E-state index contributed by atoms with van der Waals surface area (Å²) < 4.78 is 12.8. The first kappa shape index (κ1) is 20.2. The Morgan fingerprint density at radius 3 is 2.75 bits per heavy atom. The van der Waals surface area contributed by atoms with E-state index in [0.29, 0.717) is 23.6 Å². The second-order valence-electron chi connectivity index (χ2n) is 7.46. The van der Waals surface area contributed by atoms with Crippen molar-refractivity contribution in [3.63, 3.8) is 0 Å². The molecular formula is C25H20ClN3O3. The van der Waals surface area contributed by atoms with Gasteiger partial charge in [0.25, 0.3) is 5.91 Å². The topological polar surface area (TPSA) is 64.8 Å². The first-order chi connectivity index (χ1) is 15.6. The zero-order chi connectivity index (χ0) is 22.1. The molecule has 0 spiro atoms. The van der Waals surface area contributed by atoms with Crippen LogP contribution < -0.4 is 14.9 Å². The number of carbonyl (C=O) groups excluding carboxylic acids is 1. The fourth-order valence-electron chi connectivity index (χ4n) is 3.88. The van der Waals surface area contributed by atoms with Crippen molar-refractivity contribution >= 4 is 34.6 Å². The molecule has 1 aromatic heterocycles. The average molecular weight is 446 g/mol. The Morgan fingerprint density at radius 1 is 1.09 bits per heavy atom. The number of hydrogen-bond acceptors (Lipinski definition) is 4. The highest BCUT2D eigenvalue weighted by molar-refractivity contribution is 6.31. The quantitative estimate of drug-likeness (QED) is 0.341. The number of nitrogens with zero attached hydrogens (tertiary/aromatic N) is 2. The van der Waals surface area contributed by atoms with Crippen LogP contribution in [0.5, 0.6) is 11.5 Å². The van der Waals surface area contributed by atoms with E-state index in [9.17, 15) is 4.79 Å². The predicted molar refractivity (Wildman–Crippen MR) is 125 cm³/mol. The second kappa shape index (κ2) is 8.40. The zero-order valence-electron chi connectivity index (χ0n) is 17.3. The van der Waals surface area contributed by atoms with Gasteiger partial charge in [-0.15, -0.1) is 0 Å². The molecule has 32 heavy (non-hydrogen) atoms. The Kier molecular flexibility index (Phi) is 5.29. The molecule has 1 aliphatic rings. The number of para-hydroxylation sites is 1. The number of carbonyl (C=O) groups is 1. The van der Waals surface area contributed by atoms with E-state index in [2.05, 4.69) is 21.2 Å². The van der Waals surface area contributed by atoms with Crippen LogP contribution in [0.1, 0.15) is 27.2 Å². The lowest BCUT2D eigenvalue weighted by atomic mass is 10.1. The summed E-state index contributed by atoms with van der Waals surface area (Å²) in [7, 11) is 0. The van der Waals surface area contributed by atoms with Crippen molar-refractivity contribution in [2.75, 3.05) is 6.79 Å². The van der Waals surface area contributed by atoms with Crippen LogP contribution in [0.4, 0.5) is 0 Å². The fourth-order valence-corrected chi connectivity index (χ4v) is 4.07. The summed E-state index contributed by atoms with van der Waals surface area (Å²) >= 11 is 6.39. The summed E-state index contributed by atoms with van der Waals surface area (Å²) in [6, 6.07) is 21.0. The van der Waals surface area contributed by atoms with Gasteiger partial charge in [-0.05, 0) is 42.8 Å². The van der Waals surface area contributed by atoms with Crippen molar-refractivity contribution in [3.8, 4) is 11.5 Å². The van der Waals surface area contributed by atoms with Gasteiger partial charge in [0.05, 0.1) is 6.21 Å². The molecule has 3 aromatic carbocycles. The van der Waals surface area contributed by atoms with E-state index in [0.717, 1.165) is 32.7 Å². The van der Waals surface area contributed by atoms with Gasteiger partial charge in [-0.2, -0.15) is 5.10 Å². The highest BCUT2D eigenvalue weighted by Gasteiger charge is 2.17. The smallest absolute Gasteiger partial charge is 0.271 e. The highest BCUT2D eigenvalue weighted by atomic mass is 35.5. The maximum Gasteiger partial charge on any atom is 0.271 e. The molecule has 2 heterocycles. The van der Waals surface area contributed by atoms with Crippen LogP contribution >= 0.6 is 11.6 Å². The number of hydrazone groups is 1. The summed E-state index contributed by atoms with van der Waals surface area (Å²) in [5.74, 6) is 0.865. The molecule has 1 amide bonds. The summed E-state index contributed by atoms with van der Waals surface area (Å²) in [6.45, 7) is 2.84. The minimum absolute atomic E-state index is 0.163. The maximum atomic E-state index is 12.5. The molecule has 6 nitrogen and oxygen atoms in total. The minimum Gasteiger partial charge on any atom is -0.454 e. The van der Waals surface area contributed by atoms with Crippen LogP contribution in [0.3, 0.4) is 0 Å². The molecule has 0 saturated heterocycles. The van der Waals surface area contributed by atoms with Crippen molar-refractivity contribution in [2.45, 2.75) is 13.5 Å². The zero-order valence-corrected chi connectivity index (χ0v) is 18.1. The Morgan fingerprint density at radius 2 is 1.88 bits per heavy atom. The van der Waals surface area contributed by atoms with Crippen molar-refractivity contribution in [3.05, 3.63) is 94.1 Å². The lowest BCUT2D eigenvalue weighted by Gasteiger charge is -2.10. The normalized spacial score (nSPS) is 12.6. The molecular weight excluding hydrogens is 426 g/mol. The summed E-state index contributed by atoms with van der Waals surface area (Å²) in [5.41, 5.74) is 7.15. The highest BCUT2D eigenvalue weighted by Crippen LogP contribution is 2.32. The third kappa shape index (κ3) is 3.69. The van der Waals surface area contributed by atoms with E-state index in [1.807, 2.05) is 49.4 Å². The van der Waals surface area contributed by atoms with Crippen LogP contribution in [0.25, 0.3) is 10.9 Å². The number of halogens is 1. The van der Waals surface area contributed by atoms with E-state index in [-0.39, 0.29) is 12.7 Å². The van der Waals surface area contributed by atoms with E-state index < -0.39 is 0 Å². The summed E-state index contributed by atoms with van der Waals surface area (Å²) in [6.07, 6.45) is 1.69. The Labute approximate surface area is 190 Å². The van der Waals surface area contributed by atoms with Crippen LogP contribution in [-0.2, 0) is 6.54 Å². The number of fused-ring (bicyclic) bond motifs is 2. The molecule has 1 aliphatic heterocycles. The van der Waals surface area contributed by atoms with Gasteiger partial charge in [-0.3, -0.25) is 4.79 Å². The Hall–Kier alpha value is -3.77. The number of amides is 1. The second-order valence-corrected chi connectivity index (χ2v) is 7.87. The monoisotopic (exact) mass is 445 g/mol. The van der Waals surface area contributed by atoms with Gasteiger partial charge in [-0.25, -0.2) is 5.43 Å². The van der Waals surface area contributed by atoms with Gasteiger partial charge >= 0.3 is 0 Å². The van der Waals surface area contributed by atoms with Gasteiger partial charge in [-0.1, -0.05) is 48.0 Å². The number of hydrogen-bond donors (Lipinski definition) is 1. The van der Waals surface area contributed by atoms with E-state index in [1.54, 1.807) is 24.4 Å². The third-order valence-corrected chi connectivity index (χ3v) is 5.93. The first-order valence-electron chi connectivity index (χ1n) is 10.2. The lowest BCUT2D eigenvalue weighted by Crippen LogP contribution is -2.17. The maximum absolute atomic E-state index is 12.5. The average Bonchev–Trinajstić information content (AvgIpc) is 3.38. The molecule has 0 saturated carbocycles. The molecule has 0 bridgehead atoms. The molecule has 4 aromatic rings. The number of ether oxygens (including phenoxy) is 2. The van der Waals surface area contributed by atoms with Crippen LogP contribution in [-0.4, -0.2) is 23.5 Å². The molecule has 7 heteroatoms. The largest absolute Gasteiger partial charge is 0.454 e. The molecule has 5 rings (SSSR count). The van der Waals surface area contributed by atoms with Crippen molar-refractivity contribution in [2.24, 2.45) is 5.10 Å². The van der Waals surface area contributed by atoms with E-state index >= 15 is 0 Å². The first-order valence-corrected chi connectivity index (χ1v) is 10.5. The van der Waals surface area contributed by atoms with Crippen molar-refractivity contribution in [1.29, 1.82) is 0 Å². The molecule has 0 fully saturated rings. The molecule has 1 N–H and O–H groups in total. The van der Waals surface area contributed by atoms with E-state index in [4.69, 9.17) is 21.1 Å². The van der Waals surface area contributed by atoms with Gasteiger partial charge in [0.2, 0.25) is 6.79 Å². The van der Waals surface area contributed by atoms with Crippen LogP contribution in [0.2, 0.25) is 5.02 Å². The Bertz CT molecular complexity index is 1360. The summed E-state index contributed by atoms with van der Waals surface area (Å²) in [5, 5.41) is 6.01.